The van der Waals surface area contributed by atoms with Crippen molar-refractivity contribution in [3.8, 4) is 45.6 Å². The fraction of sp³-hybridized carbons (Fsp3) is 0. The molecule has 0 atom stereocenters. The van der Waals surface area contributed by atoms with Crippen LogP contribution >= 0.6 is 63.7 Å². The molecule has 7 aromatic rings. The number of halogens is 4. The van der Waals surface area contributed by atoms with Gasteiger partial charge in [-0.1, -0.05) is 0 Å². The second kappa shape index (κ2) is 13.6. The largest absolute Gasteiger partial charge is 0.324 e. The highest BCUT2D eigenvalue weighted by Gasteiger charge is 2.29. The van der Waals surface area contributed by atoms with Crippen LogP contribution in [0.1, 0.15) is 0 Å². The Morgan fingerprint density at radius 2 is 0.583 bits per heavy atom. The average molecular weight is 1150 g/mol. The van der Waals surface area contributed by atoms with E-state index < -0.39 is 60.1 Å². The molecule has 60 heavy (non-hydrogen) atoms. The van der Waals surface area contributed by atoms with E-state index in [-0.39, 0.29) is 108 Å². The van der Waals surface area contributed by atoms with Crippen LogP contribution in [0.2, 0.25) is 0 Å². The molecule has 0 amide bonds. The van der Waals surface area contributed by atoms with Gasteiger partial charge in [-0.3, -0.25) is 18.2 Å². The van der Waals surface area contributed by atoms with Crippen LogP contribution in [0.4, 0.5) is 0 Å². The van der Waals surface area contributed by atoms with Crippen LogP contribution in [0.5, 0.6) is 0 Å². The predicted octanol–water partition coefficient (Wildman–Crippen LogP) is 6.91. The van der Waals surface area contributed by atoms with E-state index in [1.54, 1.807) is 0 Å². The summed E-state index contributed by atoms with van der Waals surface area (Å²) < 4.78 is 139. The molecule has 0 fully saturated rings. The normalized spacial score (nSPS) is 13.2. The van der Waals surface area contributed by atoms with Gasteiger partial charge >= 0.3 is 0 Å². The number of benzene rings is 4. The van der Waals surface area contributed by atoms with Crippen molar-refractivity contribution in [3.05, 3.63) is 66.4 Å². The van der Waals surface area contributed by atoms with Gasteiger partial charge in [-0.2, -0.15) is 33.7 Å². The highest BCUT2D eigenvalue weighted by molar-refractivity contribution is 9.11. The predicted molar refractivity (Wildman–Crippen MR) is 226 cm³/mol. The number of hydrogen-bond acceptors (Lipinski definition) is 14. The molecule has 28 heteroatoms. The van der Waals surface area contributed by atoms with Gasteiger partial charge in [0.1, 0.15) is 42.2 Å². The van der Waals surface area contributed by atoms with Crippen LogP contribution < -0.4 is 0 Å². The lowest BCUT2D eigenvalue weighted by atomic mass is 10.1. The number of fused-ring (bicyclic) bond motifs is 20. The van der Waals surface area contributed by atoms with Crippen LogP contribution in [0.15, 0.2) is 86.0 Å². The van der Waals surface area contributed by atoms with Gasteiger partial charge in [0.25, 0.3) is 40.5 Å². The first-order valence-electron chi connectivity index (χ1n) is 15.9. The number of aromatic amines is 2. The van der Waals surface area contributed by atoms with Gasteiger partial charge in [0.15, 0.2) is 23.3 Å². The Kier molecular flexibility index (Phi) is 9.37. The average Bonchev–Trinajstić information content (AvgIpc) is 3.83. The number of H-pyrrole nitrogens is 2. The maximum absolute atomic E-state index is 12.4. The molecule has 306 valence electrons. The van der Waals surface area contributed by atoms with Crippen LogP contribution in [0.3, 0.4) is 0 Å². The molecular formula is C32H14Br4N8O12S4. The Hall–Kier alpha value is -4.20. The van der Waals surface area contributed by atoms with Crippen LogP contribution in [0, 0.1) is 0 Å². The van der Waals surface area contributed by atoms with Crippen LogP contribution in [-0.2, 0) is 40.5 Å². The molecule has 0 radical (unpaired) electrons. The fourth-order valence-electron chi connectivity index (χ4n) is 6.58. The number of nitrogens with one attached hydrogen (secondary N) is 2. The van der Waals surface area contributed by atoms with Gasteiger partial charge in [0.2, 0.25) is 0 Å². The molecule has 0 unspecified atom stereocenters. The zero-order chi connectivity index (χ0) is 43.2. The van der Waals surface area contributed by atoms with E-state index in [1.807, 2.05) is 0 Å². The maximum Gasteiger partial charge on any atom is 0.295 e. The Morgan fingerprint density at radius 3 is 0.867 bits per heavy atom. The van der Waals surface area contributed by atoms with Gasteiger partial charge in [0.05, 0.1) is 0 Å². The van der Waals surface area contributed by atoms with E-state index in [2.05, 4.69) is 104 Å². The summed E-state index contributed by atoms with van der Waals surface area (Å²) in [6, 6.07) is 9.55. The van der Waals surface area contributed by atoms with E-state index in [9.17, 15) is 51.9 Å². The summed E-state index contributed by atoms with van der Waals surface area (Å²) in [5, 5.41) is 0.465. The second-order valence-electron chi connectivity index (χ2n) is 12.8. The molecule has 2 aliphatic heterocycles. The van der Waals surface area contributed by atoms with Gasteiger partial charge in [-0.25, -0.2) is 29.9 Å². The van der Waals surface area contributed by atoms with E-state index in [1.165, 1.54) is 24.3 Å². The number of hydrogen-bond donors (Lipinski definition) is 6. The lowest BCUT2D eigenvalue weighted by Gasteiger charge is -2.05. The van der Waals surface area contributed by atoms with E-state index in [0.29, 0.717) is 0 Å². The van der Waals surface area contributed by atoms with Gasteiger partial charge < -0.3 is 9.97 Å². The molecule has 0 spiro atoms. The third-order valence-corrected chi connectivity index (χ3v) is 16.4. The first-order valence-corrected chi connectivity index (χ1v) is 24.9. The minimum Gasteiger partial charge on any atom is -0.324 e. The SMILES string of the molecule is O=S(=O)(O)c1cc2c(cc1Br)-c1nc-2nc2[nH]c(nc3nc(nc4[nH]c(n1)c1cc(S(=O)(=O)O)c(Br)cc41)-c1cc(S(=O)(=O)O)c(Br)cc1-3)c1cc(S(=O)(=O)O)c(Br)cc21. The lowest BCUT2D eigenvalue weighted by molar-refractivity contribution is 0.480. The minimum absolute atomic E-state index is 0.0262. The first kappa shape index (κ1) is 41.2. The monoisotopic (exact) mass is 1150 g/mol. The van der Waals surface area contributed by atoms with Gasteiger partial charge in [0, 0.05) is 61.7 Å². The molecule has 0 saturated heterocycles. The summed E-state index contributed by atoms with van der Waals surface area (Å²) in [5.41, 5.74) is 0.0426. The molecule has 0 aliphatic carbocycles. The smallest absolute Gasteiger partial charge is 0.295 e. The molecule has 20 nitrogen and oxygen atoms in total. The topological polar surface area (TPSA) is 326 Å². The Labute approximate surface area is 368 Å². The summed E-state index contributed by atoms with van der Waals surface area (Å²) >= 11 is 12.7. The van der Waals surface area contributed by atoms with Crippen LogP contribution in [-0.4, -0.2) is 91.8 Å². The molecular weight excluding hydrogens is 1140 g/mol. The summed E-state index contributed by atoms with van der Waals surface area (Å²) in [6.07, 6.45) is 0. The van der Waals surface area contributed by atoms with E-state index in [4.69, 9.17) is 0 Å². The first-order chi connectivity index (χ1) is 27.9. The van der Waals surface area contributed by atoms with Gasteiger partial charge in [-0.15, -0.1) is 0 Å². The molecule has 6 N–H and O–H groups in total. The standard InChI is InChI=1S/C32H14Br4N8O12S4/c33-17-1-9-13(5-21(17)57(45,46)47)29-37-25(9)41-30-14-6-22(58(48,49)50)18(34)2-10(14)27(38-30)43-32-16-8-24(60(54,55)56)20(36)4-12(16)28(40-32)44-31-15-7-23(59(51,52)53)19(35)3-11(15)26(39-31)42-29/h1-8H,(H,45,46,47)(H,48,49,50)(H,51,52,53)(H,54,55,56)(H2,37,38,39,40,41,42,43,44). The summed E-state index contributed by atoms with van der Waals surface area (Å²) in [7, 11) is -19.4. The number of rotatable bonds is 4. The summed E-state index contributed by atoms with van der Waals surface area (Å²) in [5.74, 6) is -0.661. The van der Waals surface area contributed by atoms with Crippen molar-refractivity contribution in [2.45, 2.75) is 19.6 Å². The van der Waals surface area contributed by atoms with Crippen molar-refractivity contribution in [2.75, 3.05) is 0 Å². The van der Waals surface area contributed by atoms with Crippen molar-refractivity contribution in [1.82, 2.24) is 39.9 Å². The Balaban J connectivity index is 1.53. The number of aromatic nitrogens is 8. The van der Waals surface area contributed by atoms with E-state index >= 15 is 0 Å². The third kappa shape index (κ3) is 6.87. The van der Waals surface area contributed by atoms with E-state index in [0.717, 1.165) is 24.3 Å². The fourth-order valence-corrected chi connectivity index (χ4v) is 12.7. The molecule has 2 aliphatic rings. The lowest BCUT2D eigenvalue weighted by Crippen LogP contribution is -2.00. The van der Waals surface area contributed by atoms with Crippen molar-refractivity contribution in [3.63, 3.8) is 0 Å². The van der Waals surface area contributed by atoms with Crippen molar-refractivity contribution in [1.29, 1.82) is 0 Å². The highest BCUT2D eigenvalue weighted by atomic mass is 79.9. The van der Waals surface area contributed by atoms with Crippen LogP contribution in [0.25, 0.3) is 89.7 Å². The van der Waals surface area contributed by atoms with Crippen molar-refractivity contribution >= 4 is 148 Å². The highest BCUT2D eigenvalue weighted by Crippen LogP contribution is 2.43. The quantitative estimate of drug-likeness (QED) is 0.0975. The number of nitrogens with zero attached hydrogens (tertiary/aromatic N) is 6. The maximum atomic E-state index is 12.4. The summed E-state index contributed by atoms with van der Waals surface area (Å²) in [6.45, 7) is 0. The minimum atomic E-state index is -4.84. The molecule has 8 bridgehead atoms. The third-order valence-electron chi connectivity index (χ3n) is 9.15. The van der Waals surface area contributed by atoms with Crippen molar-refractivity contribution < 1.29 is 51.9 Å². The Bertz CT molecular complexity index is 3600. The molecule has 3 aromatic heterocycles. The molecule has 9 rings (SSSR count). The molecule has 0 saturated carbocycles. The Morgan fingerprint density at radius 1 is 0.350 bits per heavy atom. The molecule has 4 aromatic carbocycles. The zero-order valence-electron chi connectivity index (χ0n) is 28.5. The van der Waals surface area contributed by atoms with Gasteiger partial charge in [-0.05, 0) is 112 Å². The van der Waals surface area contributed by atoms with Crippen molar-refractivity contribution in [2.24, 2.45) is 0 Å². The second-order valence-corrected chi connectivity index (χ2v) is 21.8. The summed E-state index contributed by atoms with van der Waals surface area (Å²) in [4.78, 5) is 31.5. The zero-order valence-corrected chi connectivity index (χ0v) is 38.1. The molecule has 5 heterocycles.